The van der Waals surface area contributed by atoms with E-state index in [-0.39, 0.29) is 23.0 Å². The van der Waals surface area contributed by atoms with E-state index < -0.39 is 23.7 Å². The van der Waals surface area contributed by atoms with Gasteiger partial charge in [0, 0.05) is 0 Å². The van der Waals surface area contributed by atoms with Gasteiger partial charge in [-0.3, -0.25) is 19.3 Å². The van der Waals surface area contributed by atoms with Crippen molar-refractivity contribution in [2.75, 3.05) is 20.3 Å². The fraction of sp³-hybridized carbons (Fsp3) is 0.267. The number of carbonyl (C=O) groups excluding carboxylic acids is 3. The Morgan fingerprint density at radius 3 is 2.78 bits per heavy atom. The lowest BCUT2D eigenvalue weighted by Gasteiger charge is -2.10. The third-order valence-corrected chi connectivity index (χ3v) is 3.88. The fourth-order valence-corrected chi connectivity index (χ4v) is 2.75. The van der Waals surface area contributed by atoms with Crippen LogP contribution in [0, 0.1) is 0 Å². The molecule has 1 aliphatic heterocycles. The molecule has 8 heteroatoms. The van der Waals surface area contributed by atoms with Crippen LogP contribution in [0.4, 0.5) is 4.79 Å². The Morgan fingerprint density at radius 2 is 2.13 bits per heavy atom. The molecular weight excluding hydrogens is 322 g/mol. The summed E-state index contributed by atoms with van der Waals surface area (Å²) in [4.78, 5) is 36.5. The van der Waals surface area contributed by atoms with Gasteiger partial charge in [0.05, 0.1) is 18.6 Å². The van der Waals surface area contributed by atoms with E-state index in [0.717, 1.165) is 16.7 Å². The molecule has 23 heavy (non-hydrogen) atoms. The van der Waals surface area contributed by atoms with E-state index in [2.05, 4.69) is 0 Å². The van der Waals surface area contributed by atoms with Crippen molar-refractivity contribution in [1.29, 1.82) is 0 Å². The molecule has 1 heterocycles. The number of carbonyl (C=O) groups is 3. The minimum atomic E-state index is -0.637. The van der Waals surface area contributed by atoms with E-state index >= 15 is 0 Å². The molecule has 1 aromatic rings. The molecule has 1 N–H and O–H groups in total. The number of phenolic OH excluding ortho intramolecular Hbond substituents is 1. The third kappa shape index (κ3) is 3.84. The molecule has 0 aromatic heterocycles. The van der Waals surface area contributed by atoms with Crippen molar-refractivity contribution >= 4 is 35.0 Å². The van der Waals surface area contributed by atoms with E-state index in [1.807, 2.05) is 0 Å². The van der Waals surface area contributed by atoms with Gasteiger partial charge in [-0.15, -0.1) is 0 Å². The molecule has 0 saturated carbocycles. The first kappa shape index (κ1) is 16.9. The van der Waals surface area contributed by atoms with Gasteiger partial charge in [0.25, 0.3) is 11.1 Å². The maximum Gasteiger partial charge on any atom is 0.326 e. The summed E-state index contributed by atoms with van der Waals surface area (Å²) < 4.78 is 9.73. The molecule has 2 amide bonds. The van der Waals surface area contributed by atoms with Gasteiger partial charge in [-0.05, 0) is 42.5 Å². The summed E-state index contributed by atoms with van der Waals surface area (Å²) in [5.41, 5.74) is 0.585. The maximum atomic E-state index is 12.2. The maximum absolute atomic E-state index is 12.2. The van der Waals surface area contributed by atoms with Gasteiger partial charge in [-0.25, -0.2) is 0 Å². The van der Waals surface area contributed by atoms with Crippen molar-refractivity contribution in [1.82, 2.24) is 4.90 Å². The van der Waals surface area contributed by atoms with Gasteiger partial charge in [0.2, 0.25) is 0 Å². The Bertz CT molecular complexity index is 685. The Morgan fingerprint density at radius 1 is 1.39 bits per heavy atom. The summed E-state index contributed by atoms with van der Waals surface area (Å²) in [5, 5.41) is 9.02. The van der Waals surface area contributed by atoms with Crippen molar-refractivity contribution in [3.05, 3.63) is 28.7 Å². The Hall–Kier alpha value is -2.48. The molecule has 0 atom stereocenters. The molecule has 7 nitrogen and oxygen atoms in total. The summed E-state index contributed by atoms with van der Waals surface area (Å²) in [6, 6.07) is 4.54. The Balaban J connectivity index is 2.20. The summed E-state index contributed by atoms with van der Waals surface area (Å²) in [7, 11) is 1.41. The standard InChI is InChI=1S/C15H15NO6S/c1-3-22-13(18)8-16-14(19)12(23-15(16)20)7-9-4-5-10(17)11(6-9)21-2/h4-7,17H,3,8H2,1-2H3/b12-7+. The van der Waals surface area contributed by atoms with Crippen molar-refractivity contribution < 1.29 is 29.0 Å². The molecule has 0 unspecified atom stereocenters. The zero-order chi connectivity index (χ0) is 17.0. The number of imide groups is 1. The predicted molar refractivity (Wildman–Crippen MR) is 84.0 cm³/mol. The minimum Gasteiger partial charge on any atom is -0.504 e. The summed E-state index contributed by atoms with van der Waals surface area (Å²) in [6.07, 6.45) is 1.50. The normalized spacial score (nSPS) is 16.1. The second-order valence-electron chi connectivity index (χ2n) is 4.50. The molecule has 0 bridgehead atoms. The molecule has 2 rings (SSSR count). The van der Waals surface area contributed by atoms with Crippen LogP contribution < -0.4 is 4.74 Å². The topological polar surface area (TPSA) is 93.1 Å². The monoisotopic (exact) mass is 337 g/mol. The second-order valence-corrected chi connectivity index (χ2v) is 5.50. The number of hydrogen-bond acceptors (Lipinski definition) is 7. The van der Waals surface area contributed by atoms with Crippen molar-refractivity contribution in [3.63, 3.8) is 0 Å². The molecule has 122 valence electrons. The van der Waals surface area contributed by atoms with Gasteiger partial charge in [-0.1, -0.05) is 6.07 Å². The number of hydrogen-bond donors (Lipinski definition) is 1. The number of rotatable bonds is 5. The highest BCUT2D eigenvalue weighted by molar-refractivity contribution is 8.18. The Labute approximate surface area is 136 Å². The molecule has 1 aromatic carbocycles. The molecule has 0 radical (unpaired) electrons. The summed E-state index contributed by atoms with van der Waals surface area (Å²) in [5.74, 6) is -0.966. The van der Waals surface area contributed by atoms with Gasteiger partial charge in [-0.2, -0.15) is 0 Å². The van der Waals surface area contributed by atoms with Gasteiger partial charge < -0.3 is 14.6 Å². The summed E-state index contributed by atoms with van der Waals surface area (Å²) >= 11 is 0.742. The van der Waals surface area contributed by atoms with E-state index in [9.17, 15) is 19.5 Å². The Kier molecular flexibility index (Phi) is 5.28. The van der Waals surface area contributed by atoms with Crippen LogP contribution in [-0.2, 0) is 14.3 Å². The van der Waals surface area contributed by atoms with Gasteiger partial charge >= 0.3 is 5.97 Å². The highest BCUT2D eigenvalue weighted by Crippen LogP contribution is 2.34. The highest BCUT2D eigenvalue weighted by Gasteiger charge is 2.36. The van der Waals surface area contributed by atoms with Crippen LogP contribution in [0.2, 0.25) is 0 Å². The van der Waals surface area contributed by atoms with Crippen LogP contribution in [0.25, 0.3) is 6.08 Å². The van der Waals surface area contributed by atoms with Crippen molar-refractivity contribution in [2.45, 2.75) is 6.92 Å². The molecule has 1 saturated heterocycles. The van der Waals surface area contributed by atoms with E-state index in [1.54, 1.807) is 13.0 Å². The lowest BCUT2D eigenvalue weighted by Crippen LogP contribution is -2.34. The lowest BCUT2D eigenvalue weighted by molar-refractivity contribution is -0.145. The molecular formula is C15H15NO6S. The average molecular weight is 337 g/mol. The number of aromatic hydroxyl groups is 1. The number of benzene rings is 1. The number of ether oxygens (including phenoxy) is 2. The summed E-state index contributed by atoms with van der Waals surface area (Å²) in [6.45, 7) is 1.41. The largest absolute Gasteiger partial charge is 0.504 e. The zero-order valence-corrected chi connectivity index (χ0v) is 13.4. The number of thioether (sulfide) groups is 1. The third-order valence-electron chi connectivity index (χ3n) is 2.97. The van der Waals surface area contributed by atoms with Crippen LogP contribution in [0.3, 0.4) is 0 Å². The molecule has 0 aliphatic carbocycles. The van der Waals surface area contributed by atoms with Crippen LogP contribution in [0.5, 0.6) is 11.5 Å². The zero-order valence-electron chi connectivity index (χ0n) is 12.6. The average Bonchev–Trinajstić information content (AvgIpc) is 2.77. The molecule has 1 aliphatic rings. The first-order valence-corrected chi connectivity index (χ1v) is 7.56. The minimum absolute atomic E-state index is 0.0277. The fourth-order valence-electron chi connectivity index (χ4n) is 1.91. The van der Waals surface area contributed by atoms with Crippen LogP contribution in [0.1, 0.15) is 12.5 Å². The molecule has 1 fully saturated rings. The highest BCUT2D eigenvalue weighted by atomic mass is 32.2. The number of amides is 2. The smallest absolute Gasteiger partial charge is 0.326 e. The number of nitrogens with zero attached hydrogens (tertiary/aromatic N) is 1. The van der Waals surface area contributed by atoms with Gasteiger partial charge in [0.1, 0.15) is 6.54 Å². The first-order valence-electron chi connectivity index (χ1n) is 6.74. The number of phenols is 1. The van der Waals surface area contributed by atoms with Crippen LogP contribution in [-0.4, -0.2) is 47.4 Å². The first-order chi connectivity index (χ1) is 11.0. The van der Waals surface area contributed by atoms with E-state index in [4.69, 9.17) is 9.47 Å². The molecule has 0 spiro atoms. The predicted octanol–water partition coefficient (Wildman–Crippen LogP) is 2.00. The van der Waals surface area contributed by atoms with Crippen molar-refractivity contribution in [3.8, 4) is 11.5 Å². The van der Waals surface area contributed by atoms with E-state index in [0.29, 0.717) is 5.56 Å². The second kappa shape index (κ2) is 7.19. The SMILES string of the molecule is CCOC(=O)CN1C(=O)S/C(=C/c2ccc(O)c(OC)c2)C1=O. The van der Waals surface area contributed by atoms with Gasteiger partial charge in [0.15, 0.2) is 11.5 Å². The lowest BCUT2D eigenvalue weighted by atomic mass is 10.2. The van der Waals surface area contributed by atoms with Crippen LogP contribution >= 0.6 is 11.8 Å². The van der Waals surface area contributed by atoms with E-state index in [1.165, 1.54) is 25.3 Å². The van der Waals surface area contributed by atoms with Crippen molar-refractivity contribution in [2.24, 2.45) is 0 Å². The number of esters is 1. The van der Waals surface area contributed by atoms with Crippen LogP contribution in [0.15, 0.2) is 23.1 Å². The quantitative estimate of drug-likeness (QED) is 0.649. The number of methoxy groups -OCH3 is 1.